The summed E-state index contributed by atoms with van der Waals surface area (Å²) in [6, 6.07) is 16.4. The fourth-order valence-corrected chi connectivity index (χ4v) is 2.50. The zero-order valence-electron chi connectivity index (χ0n) is 12.5. The zero-order chi connectivity index (χ0) is 15.2. The number of nitrogens with zero attached hydrogens (tertiary/aromatic N) is 3. The molecule has 3 aromatic rings. The van der Waals surface area contributed by atoms with Gasteiger partial charge in [-0.05, 0) is 42.8 Å². The van der Waals surface area contributed by atoms with Gasteiger partial charge in [0.05, 0.1) is 5.52 Å². The van der Waals surface area contributed by atoms with Crippen LogP contribution in [-0.4, -0.2) is 23.1 Å². The van der Waals surface area contributed by atoms with E-state index in [9.17, 15) is 0 Å². The quantitative estimate of drug-likeness (QED) is 0.759. The van der Waals surface area contributed by atoms with E-state index in [4.69, 9.17) is 10.7 Å². The van der Waals surface area contributed by atoms with Crippen molar-refractivity contribution in [2.75, 3.05) is 18.0 Å². The molecule has 1 aromatic carbocycles. The largest absolute Gasteiger partial charge is 0.352 e. The summed E-state index contributed by atoms with van der Waals surface area (Å²) in [5, 5.41) is 1.16. The van der Waals surface area contributed by atoms with Gasteiger partial charge in [0.15, 0.2) is 0 Å². The van der Waals surface area contributed by atoms with Crippen LogP contribution in [0.4, 0.5) is 5.82 Å². The number of aromatic nitrogens is 2. The average Bonchev–Trinajstić information content (AvgIpc) is 2.59. The molecule has 0 amide bonds. The maximum atomic E-state index is 5.68. The second kappa shape index (κ2) is 7.00. The topological polar surface area (TPSA) is 55.0 Å². The molecular weight excluding hydrogens is 272 g/mol. The highest BCUT2D eigenvalue weighted by molar-refractivity contribution is 5.80. The molecule has 0 fully saturated rings. The molecule has 0 saturated carbocycles. The molecule has 4 nitrogen and oxygen atoms in total. The molecule has 112 valence electrons. The van der Waals surface area contributed by atoms with E-state index in [1.807, 2.05) is 30.5 Å². The molecule has 4 heteroatoms. The number of benzene rings is 1. The maximum Gasteiger partial charge on any atom is 0.129 e. The van der Waals surface area contributed by atoms with Gasteiger partial charge in [0.25, 0.3) is 0 Å². The maximum absolute atomic E-state index is 5.68. The highest BCUT2D eigenvalue weighted by Gasteiger charge is 2.09. The van der Waals surface area contributed by atoms with Crippen LogP contribution in [0.3, 0.4) is 0 Å². The lowest BCUT2D eigenvalue weighted by Crippen LogP contribution is -2.26. The van der Waals surface area contributed by atoms with Crippen molar-refractivity contribution in [2.24, 2.45) is 5.73 Å². The summed E-state index contributed by atoms with van der Waals surface area (Å²) in [5.41, 5.74) is 7.87. The molecule has 0 aliphatic heterocycles. The van der Waals surface area contributed by atoms with Crippen molar-refractivity contribution < 1.29 is 0 Å². The third-order valence-electron chi connectivity index (χ3n) is 3.64. The summed E-state index contributed by atoms with van der Waals surface area (Å²) in [4.78, 5) is 11.2. The number of hydrogen-bond acceptors (Lipinski definition) is 4. The van der Waals surface area contributed by atoms with Gasteiger partial charge in [-0.2, -0.15) is 0 Å². The predicted octanol–water partition coefficient (Wildman–Crippen LogP) is 2.99. The number of rotatable bonds is 6. The normalized spacial score (nSPS) is 10.8. The van der Waals surface area contributed by atoms with Gasteiger partial charge in [-0.25, -0.2) is 4.98 Å². The average molecular weight is 292 g/mol. The van der Waals surface area contributed by atoms with E-state index in [1.54, 1.807) is 6.20 Å². The van der Waals surface area contributed by atoms with Crippen molar-refractivity contribution in [3.05, 3.63) is 66.5 Å². The van der Waals surface area contributed by atoms with Gasteiger partial charge in [-0.1, -0.05) is 24.3 Å². The van der Waals surface area contributed by atoms with Gasteiger partial charge in [0.1, 0.15) is 5.82 Å². The molecule has 0 unspecified atom stereocenters. The summed E-state index contributed by atoms with van der Waals surface area (Å²) in [6.45, 7) is 2.35. The molecule has 0 aliphatic carbocycles. The summed E-state index contributed by atoms with van der Waals surface area (Å²) in [5.74, 6) is 0.982. The van der Waals surface area contributed by atoms with E-state index in [-0.39, 0.29) is 0 Å². The number of anilines is 1. The lowest BCUT2D eigenvalue weighted by atomic mass is 10.2. The van der Waals surface area contributed by atoms with Crippen molar-refractivity contribution in [3.8, 4) is 0 Å². The Morgan fingerprint density at radius 1 is 1.00 bits per heavy atom. The molecule has 0 spiro atoms. The van der Waals surface area contributed by atoms with Crippen LogP contribution in [0.15, 0.2) is 60.9 Å². The highest BCUT2D eigenvalue weighted by Crippen LogP contribution is 2.19. The zero-order valence-corrected chi connectivity index (χ0v) is 12.5. The Morgan fingerprint density at radius 3 is 2.73 bits per heavy atom. The number of pyridine rings is 2. The van der Waals surface area contributed by atoms with Crippen LogP contribution in [-0.2, 0) is 6.54 Å². The van der Waals surface area contributed by atoms with Crippen molar-refractivity contribution >= 4 is 16.7 Å². The van der Waals surface area contributed by atoms with Crippen LogP contribution in [0.25, 0.3) is 10.9 Å². The predicted molar refractivity (Wildman–Crippen MR) is 90.7 cm³/mol. The molecule has 0 bridgehead atoms. The minimum atomic E-state index is 0.678. The van der Waals surface area contributed by atoms with Gasteiger partial charge >= 0.3 is 0 Å². The fraction of sp³-hybridized carbons (Fsp3) is 0.222. The number of nitrogens with two attached hydrogens (primary N) is 1. The minimum Gasteiger partial charge on any atom is -0.352 e. The van der Waals surface area contributed by atoms with Crippen molar-refractivity contribution in [2.45, 2.75) is 13.0 Å². The Hall–Kier alpha value is -2.46. The van der Waals surface area contributed by atoms with Crippen LogP contribution in [0.5, 0.6) is 0 Å². The Bertz CT molecular complexity index is 727. The lowest BCUT2D eigenvalue weighted by molar-refractivity contribution is 0.726. The van der Waals surface area contributed by atoms with Gasteiger partial charge in [0, 0.05) is 30.9 Å². The SMILES string of the molecule is NCCCN(Cc1cccnc1)c1ccc2ccccc2n1. The van der Waals surface area contributed by atoms with E-state index in [0.717, 1.165) is 36.2 Å². The summed E-state index contributed by atoms with van der Waals surface area (Å²) in [6.07, 6.45) is 4.63. The molecule has 3 rings (SSSR count). The van der Waals surface area contributed by atoms with E-state index >= 15 is 0 Å². The number of para-hydroxylation sites is 1. The molecule has 0 radical (unpaired) electrons. The van der Waals surface area contributed by atoms with Crippen LogP contribution < -0.4 is 10.6 Å². The third kappa shape index (κ3) is 3.40. The number of hydrogen-bond donors (Lipinski definition) is 1. The molecule has 0 saturated heterocycles. The Morgan fingerprint density at radius 2 is 1.91 bits per heavy atom. The van der Waals surface area contributed by atoms with Crippen LogP contribution in [0.1, 0.15) is 12.0 Å². The molecule has 0 aliphatic rings. The smallest absolute Gasteiger partial charge is 0.129 e. The summed E-state index contributed by atoms with van der Waals surface area (Å²) >= 11 is 0. The van der Waals surface area contributed by atoms with Crippen molar-refractivity contribution in [1.29, 1.82) is 0 Å². The Labute approximate surface area is 130 Å². The first-order chi connectivity index (χ1) is 10.9. The second-order valence-corrected chi connectivity index (χ2v) is 5.29. The molecule has 2 aromatic heterocycles. The molecule has 2 N–H and O–H groups in total. The van der Waals surface area contributed by atoms with Gasteiger partial charge in [0.2, 0.25) is 0 Å². The van der Waals surface area contributed by atoms with Crippen LogP contribution in [0, 0.1) is 0 Å². The monoisotopic (exact) mass is 292 g/mol. The first-order valence-electron chi connectivity index (χ1n) is 7.56. The van der Waals surface area contributed by atoms with Crippen LogP contribution >= 0.6 is 0 Å². The summed E-state index contributed by atoms with van der Waals surface area (Å²) < 4.78 is 0. The number of fused-ring (bicyclic) bond motifs is 1. The molecule has 0 atom stereocenters. The minimum absolute atomic E-state index is 0.678. The van der Waals surface area contributed by atoms with Gasteiger partial charge in [-0.3, -0.25) is 4.98 Å². The van der Waals surface area contributed by atoms with E-state index in [1.165, 1.54) is 5.56 Å². The van der Waals surface area contributed by atoms with Crippen molar-refractivity contribution in [3.63, 3.8) is 0 Å². The fourth-order valence-electron chi connectivity index (χ4n) is 2.50. The van der Waals surface area contributed by atoms with Crippen molar-refractivity contribution in [1.82, 2.24) is 9.97 Å². The lowest BCUT2D eigenvalue weighted by Gasteiger charge is -2.24. The molecule has 22 heavy (non-hydrogen) atoms. The first kappa shape index (κ1) is 14.5. The Balaban J connectivity index is 1.89. The van der Waals surface area contributed by atoms with Gasteiger partial charge in [-0.15, -0.1) is 0 Å². The van der Waals surface area contributed by atoms with E-state index < -0.39 is 0 Å². The second-order valence-electron chi connectivity index (χ2n) is 5.29. The van der Waals surface area contributed by atoms with E-state index in [0.29, 0.717) is 6.54 Å². The third-order valence-corrected chi connectivity index (χ3v) is 3.64. The Kier molecular flexibility index (Phi) is 4.61. The highest BCUT2D eigenvalue weighted by atomic mass is 15.2. The molecule has 2 heterocycles. The molecular formula is C18H20N4. The van der Waals surface area contributed by atoms with Crippen LogP contribution in [0.2, 0.25) is 0 Å². The summed E-state index contributed by atoms with van der Waals surface area (Å²) in [7, 11) is 0. The van der Waals surface area contributed by atoms with Gasteiger partial charge < -0.3 is 10.6 Å². The standard InChI is InChI=1S/C18H20N4/c19-10-4-12-22(14-15-5-3-11-20-13-15)18-9-8-16-6-1-2-7-17(16)21-18/h1-3,5-9,11,13H,4,10,12,14,19H2. The van der Waals surface area contributed by atoms with E-state index in [2.05, 4.69) is 34.1 Å². The first-order valence-corrected chi connectivity index (χ1v) is 7.56.